The van der Waals surface area contributed by atoms with Gasteiger partial charge in [-0.25, -0.2) is 17.6 Å². The number of benzene rings is 2. The van der Waals surface area contributed by atoms with Gasteiger partial charge in [-0.1, -0.05) is 25.1 Å². The van der Waals surface area contributed by atoms with Crippen molar-refractivity contribution in [3.63, 3.8) is 0 Å². The minimum atomic E-state index is -3.61. The maximum absolute atomic E-state index is 15.0. The summed E-state index contributed by atoms with van der Waals surface area (Å²) in [5.41, 5.74) is 0.646. The summed E-state index contributed by atoms with van der Waals surface area (Å²) in [6, 6.07) is 14.0. The Kier molecular flexibility index (Phi) is 11.4. The van der Waals surface area contributed by atoms with E-state index in [2.05, 4.69) is 32.7 Å². The zero-order valence-electron chi connectivity index (χ0n) is 31.5. The number of anilines is 1. The molecule has 2 N–H and O–H groups in total. The number of piperidine rings is 2. The third-order valence-electron chi connectivity index (χ3n) is 13.1. The number of carbonyl (C=O) groups excluding carboxylic acids is 2. The first kappa shape index (κ1) is 38.7. The molecule has 0 bridgehead atoms. The van der Waals surface area contributed by atoms with Gasteiger partial charge in [0.15, 0.2) is 9.84 Å². The molecule has 1 saturated carbocycles. The topological polar surface area (TPSA) is 123 Å². The number of hydrogen-bond acceptors (Lipinski definition) is 9. The number of sulfone groups is 1. The normalized spacial score (nSPS) is 26.3. The number of hydrogen-bond donors (Lipinski definition) is 2. The predicted molar refractivity (Wildman–Crippen MR) is 206 cm³/mol. The van der Waals surface area contributed by atoms with E-state index in [0.29, 0.717) is 39.0 Å². The van der Waals surface area contributed by atoms with Crippen LogP contribution >= 0.6 is 0 Å². The molecule has 7 rings (SSSR count). The number of rotatable bonds is 12. The van der Waals surface area contributed by atoms with Gasteiger partial charge < -0.3 is 34.8 Å². The summed E-state index contributed by atoms with van der Waals surface area (Å²) < 4.78 is 47.0. The average Bonchev–Trinajstić information content (AvgIpc) is 3.62. The van der Waals surface area contributed by atoms with Crippen molar-refractivity contribution < 1.29 is 32.2 Å². The van der Waals surface area contributed by atoms with Crippen molar-refractivity contribution in [1.82, 2.24) is 20.0 Å². The molecule has 4 aliphatic heterocycles. The third kappa shape index (κ3) is 7.79. The van der Waals surface area contributed by atoms with Crippen LogP contribution in [0.2, 0.25) is 0 Å². The van der Waals surface area contributed by atoms with Gasteiger partial charge in [0.25, 0.3) is 0 Å². The lowest BCUT2D eigenvalue weighted by Crippen LogP contribution is -2.67. The van der Waals surface area contributed by atoms with Crippen LogP contribution in [-0.2, 0) is 24.8 Å². The van der Waals surface area contributed by atoms with Gasteiger partial charge in [-0.05, 0) is 131 Å². The van der Waals surface area contributed by atoms with Gasteiger partial charge in [-0.15, -0.1) is 0 Å². The van der Waals surface area contributed by atoms with E-state index in [0.717, 1.165) is 82.5 Å². The maximum Gasteiger partial charge on any atom is 0.407 e. The van der Waals surface area contributed by atoms with Crippen molar-refractivity contribution >= 4 is 27.5 Å². The fourth-order valence-electron chi connectivity index (χ4n) is 10.3. The van der Waals surface area contributed by atoms with Crippen molar-refractivity contribution in [3.8, 4) is 0 Å². The van der Waals surface area contributed by atoms with Crippen molar-refractivity contribution in [3.05, 3.63) is 72.6 Å². The zero-order valence-corrected chi connectivity index (χ0v) is 32.3. The molecule has 2 amide bonds. The number of nitrogens with one attached hydrogen (secondary N) is 1. The monoisotopic (exact) mass is 765 g/mol. The Hall–Kier alpha value is -3.52. The van der Waals surface area contributed by atoms with E-state index < -0.39 is 26.8 Å². The second-order valence-electron chi connectivity index (χ2n) is 16.4. The summed E-state index contributed by atoms with van der Waals surface area (Å²) in [6.45, 7) is 10.2. The fourth-order valence-corrected chi connectivity index (χ4v) is 12.0. The molecule has 11 nitrogen and oxygen atoms in total. The first-order valence-electron chi connectivity index (χ1n) is 19.7. The number of halogens is 1. The van der Waals surface area contributed by atoms with Gasteiger partial charge in [-0.2, -0.15) is 0 Å². The number of ether oxygens (including phenoxy) is 1. The molecular weight excluding hydrogens is 710 g/mol. The molecule has 5 aliphatic rings. The molecular formula is C41H56FN5O6S. The lowest BCUT2D eigenvalue weighted by Gasteiger charge is -2.55. The van der Waals surface area contributed by atoms with Gasteiger partial charge in [0.1, 0.15) is 11.4 Å². The fraction of sp³-hybridized carbons (Fsp3) is 0.610. The van der Waals surface area contributed by atoms with Crippen LogP contribution in [0, 0.1) is 17.7 Å². The maximum atomic E-state index is 15.0. The molecule has 13 heteroatoms. The minimum Gasteiger partial charge on any atom is -0.453 e. The predicted octanol–water partition coefficient (Wildman–Crippen LogP) is 4.21. The zero-order chi connectivity index (χ0) is 38.1. The average molecular weight is 766 g/mol. The third-order valence-corrected chi connectivity index (χ3v) is 15.3. The molecule has 4 atom stereocenters. The summed E-state index contributed by atoms with van der Waals surface area (Å²) in [4.78, 5) is 33.4. The van der Waals surface area contributed by atoms with E-state index in [-0.39, 0.29) is 46.5 Å². The Morgan fingerprint density at radius 1 is 0.981 bits per heavy atom. The molecule has 294 valence electrons. The Morgan fingerprint density at radius 3 is 2.37 bits per heavy atom. The number of carbonyl (C=O) groups is 2. The first-order chi connectivity index (χ1) is 25.9. The molecule has 4 saturated heterocycles. The first-order valence-corrected chi connectivity index (χ1v) is 21.3. The van der Waals surface area contributed by atoms with E-state index in [1.807, 2.05) is 18.2 Å². The smallest absolute Gasteiger partial charge is 0.407 e. The van der Waals surface area contributed by atoms with Crippen LogP contribution in [0.4, 0.5) is 14.9 Å². The SMILES string of the molecule is C=CC(=O)N1CCC[C@@H](S(=O)(=O)c2ccc(N3CC(O)(CN4CCC(C(CN5CCC5)(c5cccc(F)c5)[C@H]5CCC[C@@H]5NC(=O)OC)CC4)C3)cc2)C1. The van der Waals surface area contributed by atoms with Crippen molar-refractivity contribution in [2.24, 2.45) is 11.8 Å². The van der Waals surface area contributed by atoms with Crippen molar-refractivity contribution in [2.45, 2.75) is 78.6 Å². The van der Waals surface area contributed by atoms with Gasteiger partial charge in [0, 0.05) is 56.4 Å². The van der Waals surface area contributed by atoms with Crippen LogP contribution < -0.4 is 10.2 Å². The number of methoxy groups -OCH3 is 1. The number of β-amino-alcohol motifs (C(OH)–C–C–N with tert-alkyl or cyclic N) is 1. The molecule has 0 spiro atoms. The van der Waals surface area contributed by atoms with Crippen LogP contribution in [0.25, 0.3) is 0 Å². The van der Waals surface area contributed by atoms with E-state index in [1.54, 1.807) is 23.1 Å². The van der Waals surface area contributed by atoms with Crippen molar-refractivity contribution in [2.75, 3.05) is 77.5 Å². The number of aliphatic hydroxyl groups is 1. The standard InChI is InChI=1S/C41H56FN5O6S/c1-3-38(48)46-21-6-10-35(25-46)54(51,52)34-15-13-33(14-16-34)47-27-40(50,28-47)26-45-22-17-30(18-23-45)41(29-44-19-7-20-44,31-8-4-9-32(42)24-31)36-11-5-12-37(36)43-39(49)53-2/h3-4,8-9,13-16,24,30,35-37,50H,1,5-7,10-12,17-23,25-29H2,2H3,(H,43,49)/t35-,36+,37+,41?/m1/s1. The highest BCUT2D eigenvalue weighted by molar-refractivity contribution is 7.92. The lowest BCUT2D eigenvalue weighted by molar-refractivity contribution is -0.126. The quantitative estimate of drug-likeness (QED) is 0.306. The molecule has 1 aliphatic carbocycles. The molecule has 1 unspecified atom stereocenters. The highest BCUT2D eigenvalue weighted by atomic mass is 32.2. The largest absolute Gasteiger partial charge is 0.453 e. The van der Waals surface area contributed by atoms with E-state index in [9.17, 15) is 23.1 Å². The highest BCUT2D eigenvalue weighted by Gasteiger charge is 2.53. The molecule has 0 radical (unpaired) electrons. The number of likely N-dealkylation sites (tertiary alicyclic amines) is 3. The van der Waals surface area contributed by atoms with E-state index >= 15 is 4.39 Å². The Bertz CT molecular complexity index is 1780. The summed E-state index contributed by atoms with van der Waals surface area (Å²) in [7, 11) is -2.22. The van der Waals surface area contributed by atoms with Gasteiger partial charge in [0.2, 0.25) is 5.91 Å². The van der Waals surface area contributed by atoms with Gasteiger partial charge >= 0.3 is 6.09 Å². The van der Waals surface area contributed by atoms with Crippen LogP contribution in [-0.4, -0.2) is 130 Å². The Morgan fingerprint density at radius 2 is 1.72 bits per heavy atom. The molecule has 2 aromatic rings. The Labute approximate surface area is 319 Å². The molecule has 0 aromatic heterocycles. The number of amides is 2. The van der Waals surface area contributed by atoms with Crippen molar-refractivity contribution in [1.29, 1.82) is 0 Å². The van der Waals surface area contributed by atoms with E-state index in [4.69, 9.17) is 4.74 Å². The number of nitrogens with zero attached hydrogens (tertiary/aromatic N) is 4. The number of alkyl carbamates (subject to hydrolysis) is 1. The second kappa shape index (κ2) is 15.9. The molecule has 5 fully saturated rings. The van der Waals surface area contributed by atoms with Gasteiger partial charge in [0.05, 0.1) is 17.3 Å². The molecule has 2 aromatic carbocycles. The summed E-state index contributed by atoms with van der Waals surface area (Å²) in [5.74, 6) is -0.0760. The van der Waals surface area contributed by atoms with Gasteiger partial charge in [-0.3, -0.25) is 4.79 Å². The Balaban J connectivity index is 1.00. The highest BCUT2D eigenvalue weighted by Crippen LogP contribution is 2.51. The lowest BCUT2D eigenvalue weighted by atomic mass is 9.57. The molecule has 54 heavy (non-hydrogen) atoms. The van der Waals surface area contributed by atoms with Crippen LogP contribution in [0.5, 0.6) is 0 Å². The minimum absolute atomic E-state index is 0.0542. The summed E-state index contributed by atoms with van der Waals surface area (Å²) >= 11 is 0. The summed E-state index contributed by atoms with van der Waals surface area (Å²) in [5, 5.41) is 14.1. The van der Waals surface area contributed by atoms with Crippen LogP contribution in [0.1, 0.15) is 56.9 Å². The summed E-state index contributed by atoms with van der Waals surface area (Å²) in [6.07, 6.45) is 7.74. The van der Waals surface area contributed by atoms with E-state index in [1.165, 1.54) is 19.3 Å². The van der Waals surface area contributed by atoms with Crippen LogP contribution in [0.15, 0.2) is 66.1 Å². The van der Waals surface area contributed by atoms with Crippen LogP contribution in [0.3, 0.4) is 0 Å². The molecule has 4 heterocycles. The second-order valence-corrected chi connectivity index (χ2v) is 18.6.